The van der Waals surface area contributed by atoms with Crippen LogP contribution >= 0.6 is 11.3 Å². The summed E-state index contributed by atoms with van der Waals surface area (Å²) in [6.07, 6.45) is 3.47. The van der Waals surface area contributed by atoms with Gasteiger partial charge in [-0.2, -0.15) is 4.98 Å². The lowest BCUT2D eigenvalue weighted by molar-refractivity contribution is 0.479. The molecule has 5 heteroatoms. The molecule has 4 nitrogen and oxygen atoms in total. The van der Waals surface area contributed by atoms with Gasteiger partial charge in [0.15, 0.2) is 5.65 Å². The van der Waals surface area contributed by atoms with Crippen molar-refractivity contribution in [3.8, 4) is 10.9 Å². The largest absolute Gasteiger partial charge is 0.464 e. The molecule has 3 heterocycles. The van der Waals surface area contributed by atoms with E-state index < -0.39 is 0 Å². The lowest BCUT2D eigenvalue weighted by Gasteiger charge is -2.00. The van der Waals surface area contributed by atoms with Gasteiger partial charge in [-0.05, 0) is 36.8 Å². The Bertz CT molecular complexity index is 910. The van der Waals surface area contributed by atoms with Crippen molar-refractivity contribution in [3.05, 3.63) is 48.4 Å². The summed E-state index contributed by atoms with van der Waals surface area (Å²) >= 11 is 1.49. The van der Waals surface area contributed by atoms with E-state index in [9.17, 15) is 0 Å². The average Bonchev–Trinajstić information content (AvgIpc) is 3.03. The van der Waals surface area contributed by atoms with E-state index in [1.165, 1.54) is 11.3 Å². The standard InChI is InChI=1S/C15H10N2O2S/c1-9-6-13-14(16-8-9)17-15(20-13)19-11-3-2-10-4-5-18-12(10)7-11/h2-8H,1H3. The maximum atomic E-state index is 5.79. The molecule has 0 radical (unpaired) electrons. The average molecular weight is 282 g/mol. The van der Waals surface area contributed by atoms with E-state index in [2.05, 4.69) is 16.0 Å². The van der Waals surface area contributed by atoms with Crippen LogP contribution in [0.5, 0.6) is 10.9 Å². The van der Waals surface area contributed by atoms with Crippen LogP contribution in [0.1, 0.15) is 5.56 Å². The predicted octanol–water partition coefficient (Wildman–Crippen LogP) is 4.54. The van der Waals surface area contributed by atoms with Gasteiger partial charge in [0.25, 0.3) is 5.19 Å². The number of aromatic nitrogens is 2. The molecular formula is C15H10N2O2S. The van der Waals surface area contributed by atoms with Crippen LogP contribution in [0.15, 0.2) is 47.2 Å². The van der Waals surface area contributed by atoms with E-state index >= 15 is 0 Å². The third-order valence-electron chi connectivity index (χ3n) is 3.00. The van der Waals surface area contributed by atoms with Crippen molar-refractivity contribution >= 4 is 32.7 Å². The molecule has 98 valence electrons. The van der Waals surface area contributed by atoms with Gasteiger partial charge in [0.1, 0.15) is 11.3 Å². The van der Waals surface area contributed by atoms with Gasteiger partial charge in [-0.3, -0.25) is 0 Å². The van der Waals surface area contributed by atoms with Crippen molar-refractivity contribution in [1.82, 2.24) is 9.97 Å². The predicted molar refractivity (Wildman–Crippen MR) is 78.4 cm³/mol. The van der Waals surface area contributed by atoms with Gasteiger partial charge in [0, 0.05) is 17.6 Å². The normalized spacial score (nSPS) is 11.2. The maximum Gasteiger partial charge on any atom is 0.281 e. The molecule has 0 atom stereocenters. The van der Waals surface area contributed by atoms with E-state index in [1.807, 2.05) is 31.2 Å². The number of hydrogen-bond donors (Lipinski definition) is 0. The van der Waals surface area contributed by atoms with Crippen molar-refractivity contribution in [3.63, 3.8) is 0 Å². The Morgan fingerprint density at radius 1 is 1.20 bits per heavy atom. The molecule has 0 unspecified atom stereocenters. The van der Waals surface area contributed by atoms with Crippen LogP contribution in [0.2, 0.25) is 0 Å². The van der Waals surface area contributed by atoms with Crippen molar-refractivity contribution in [2.75, 3.05) is 0 Å². The number of nitrogens with zero attached hydrogens (tertiary/aromatic N) is 2. The molecule has 0 N–H and O–H groups in total. The Morgan fingerprint density at radius 3 is 3.10 bits per heavy atom. The molecule has 0 fully saturated rings. The number of aryl methyl sites for hydroxylation is 1. The maximum absolute atomic E-state index is 5.79. The molecule has 0 aliphatic heterocycles. The molecule has 3 aromatic heterocycles. The molecule has 1 aromatic carbocycles. The summed E-state index contributed by atoms with van der Waals surface area (Å²) in [5.74, 6) is 0.711. The Hall–Kier alpha value is -2.40. The van der Waals surface area contributed by atoms with Crippen molar-refractivity contribution < 1.29 is 9.15 Å². The summed E-state index contributed by atoms with van der Waals surface area (Å²) < 4.78 is 12.2. The summed E-state index contributed by atoms with van der Waals surface area (Å²) in [4.78, 5) is 8.66. The van der Waals surface area contributed by atoms with Crippen LogP contribution in [0.3, 0.4) is 0 Å². The highest BCUT2D eigenvalue weighted by Crippen LogP contribution is 2.32. The second-order valence-electron chi connectivity index (χ2n) is 4.54. The van der Waals surface area contributed by atoms with Gasteiger partial charge in [0.2, 0.25) is 0 Å². The molecule has 0 saturated carbocycles. The summed E-state index contributed by atoms with van der Waals surface area (Å²) in [7, 11) is 0. The van der Waals surface area contributed by atoms with Gasteiger partial charge >= 0.3 is 0 Å². The van der Waals surface area contributed by atoms with Gasteiger partial charge in [-0.1, -0.05) is 11.3 Å². The quantitative estimate of drug-likeness (QED) is 0.541. The Morgan fingerprint density at radius 2 is 2.15 bits per heavy atom. The first-order valence-electron chi connectivity index (χ1n) is 6.16. The van der Waals surface area contributed by atoms with E-state index in [4.69, 9.17) is 9.15 Å². The fourth-order valence-corrected chi connectivity index (χ4v) is 2.93. The van der Waals surface area contributed by atoms with Crippen LogP contribution < -0.4 is 4.74 Å². The highest BCUT2D eigenvalue weighted by atomic mass is 32.1. The minimum atomic E-state index is 0.587. The Kier molecular flexibility index (Phi) is 2.47. The summed E-state index contributed by atoms with van der Waals surface area (Å²) in [5, 5.41) is 1.64. The Balaban J connectivity index is 1.72. The van der Waals surface area contributed by atoms with Crippen LogP contribution in [0, 0.1) is 6.92 Å². The number of rotatable bonds is 2. The molecule has 0 spiro atoms. The zero-order valence-electron chi connectivity index (χ0n) is 10.7. The highest BCUT2D eigenvalue weighted by Gasteiger charge is 2.08. The zero-order valence-corrected chi connectivity index (χ0v) is 11.5. The monoisotopic (exact) mass is 282 g/mol. The number of thiazole rings is 1. The fraction of sp³-hybridized carbons (Fsp3) is 0.0667. The number of furan rings is 1. The minimum absolute atomic E-state index is 0.587. The van der Waals surface area contributed by atoms with E-state index in [0.29, 0.717) is 10.9 Å². The summed E-state index contributed by atoms with van der Waals surface area (Å²) in [6, 6.07) is 9.71. The Labute approximate surface area is 118 Å². The number of fused-ring (bicyclic) bond motifs is 2. The van der Waals surface area contributed by atoms with Crippen molar-refractivity contribution in [2.24, 2.45) is 0 Å². The van der Waals surface area contributed by atoms with Crippen LogP contribution in [-0.2, 0) is 0 Å². The molecule has 0 bridgehead atoms. The van der Waals surface area contributed by atoms with Crippen molar-refractivity contribution in [1.29, 1.82) is 0 Å². The number of pyridine rings is 1. The smallest absolute Gasteiger partial charge is 0.281 e. The first-order chi connectivity index (χ1) is 9.78. The molecule has 0 saturated heterocycles. The lowest BCUT2D eigenvalue weighted by atomic mass is 10.2. The molecular weight excluding hydrogens is 272 g/mol. The lowest BCUT2D eigenvalue weighted by Crippen LogP contribution is -1.83. The number of hydrogen-bond acceptors (Lipinski definition) is 5. The second kappa shape index (κ2) is 4.31. The molecule has 4 aromatic rings. The van der Waals surface area contributed by atoms with E-state index in [1.54, 1.807) is 12.5 Å². The first kappa shape index (κ1) is 11.4. The van der Waals surface area contributed by atoms with Crippen molar-refractivity contribution in [2.45, 2.75) is 6.92 Å². The molecule has 20 heavy (non-hydrogen) atoms. The molecule has 0 amide bonds. The fourth-order valence-electron chi connectivity index (χ4n) is 2.04. The summed E-state index contributed by atoms with van der Waals surface area (Å²) in [6.45, 7) is 2.01. The van der Waals surface area contributed by atoms with Crippen LogP contribution in [0.25, 0.3) is 21.3 Å². The minimum Gasteiger partial charge on any atom is -0.464 e. The van der Waals surface area contributed by atoms with Gasteiger partial charge in [-0.25, -0.2) is 4.98 Å². The molecule has 0 aliphatic carbocycles. The molecule has 4 rings (SSSR count). The third kappa shape index (κ3) is 1.92. The SMILES string of the molecule is Cc1cnc2nc(Oc3ccc4ccoc4c3)sc2c1. The van der Waals surface area contributed by atoms with Crippen LogP contribution in [0.4, 0.5) is 0 Å². The highest BCUT2D eigenvalue weighted by molar-refractivity contribution is 7.20. The van der Waals surface area contributed by atoms with Gasteiger partial charge in [-0.15, -0.1) is 0 Å². The van der Waals surface area contributed by atoms with Gasteiger partial charge < -0.3 is 9.15 Å². The van der Waals surface area contributed by atoms with E-state index in [-0.39, 0.29) is 0 Å². The first-order valence-corrected chi connectivity index (χ1v) is 6.98. The zero-order chi connectivity index (χ0) is 13.5. The summed E-state index contributed by atoms with van der Waals surface area (Å²) in [5.41, 5.74) is 2.64. The topological polar surface area (TPSA) is 48.2 Å². The number of benzene rings is 1. The van der Waals surface area contributed by atoms with Gasteiger partial charge in [0.05, 0.1) is 11.0 Å². The van der Waals surface area contributed by atoms with Crippen LogP contribution in [-0.4, -0.2) is 9.97 Å². The number of ether oxygens (including phenoxy) is 1. The molecule has 0 aliphatic rings. The van der Waals surface area contributed by atoms with E-state index in [0.717, 1.165) is 26.9 Å². The third-order valence-corrected chi connectivity index (χ3v) is 3.87. The second-order valence-corrected chi connectivity index (χ2v) is 5.53.